The van der Waals surface area contributed by atoms with Crippen LogP contribution in [0.3, 0.4) is 0 Å². The highest BCUT2D eigenvalue weighted by Crippen LogP contribution is 2.31. The first-order valence-electron chi connectivity index (χ1n) is 7.22. The van der Waals surface area contributed by atoms with Crippen molar-refractivity contribution in [2.45, 2.75) is 12.5 Å². The van der Waals surface area contributed by atoms with E-state index in [2.05, 4.69) is 16.4 Å². The van der Waals surface area contributed by atoms with Crippen molar-refractivity contribution in [1.29, 1.82) is 0 Å². The molecule has 1 aliphatic rings. The third-order valence-electron chi connectivity index (χ3n) is 3.78. The van der Waals surface area contributed by atoms with E-state index in [1.807, 2.05) is 18.2 Å². The Kier molecular flexibility index (Phi) is 3.34. The number of para-hydroxylation sites is 1. The number of nitrogens with one attached hydrogen (secondary N) is 1. The lowest BCUT2D eigenvalue weighted by molar-refractivity contribution is -0.384. The number of hydrogen-bond acceptors (Lipinski definition) is 6. The fourth-order valence-corrected chi connectivity index (χ4v) is 3.58. The summed E-state index contributed by atoms with van der Waals surface area (Å²) in [6.45, 7) is 0.649. The largest absolute Gasteiger partial charge is 0.488 e. The predicted octanol–water partition coefficient (Wildman–Crippen LogP) is 3.62. The molecule has 2 aromatic carbocycles. The van der Waals surface area contributed by atoms with Crippen LogP contribution >= 0.6 is 11.3 Å². The maximum absolute atomic E-state index is 10.8. The van der Waals surface area contributed by atoms with Crippen LogP contribution in [0.2, 0.25) is 0 Å². The Labute approximate surface area is 135 Å². The highest BCUT2D eigenvalue weighted by molar-refractivity contribution is 7.22. The van der Waals surface area contributed by atoms with Crippen LogP contribution < -0.4 is 10.1 Å². The highest BCUT2D eigenvalue weighted by Gasteiger charge is 2.22. The molecule has 23 heavy (non-hydrogen) atoms. The van der Waals surface area contributed by atoms with Gasteiger partial charge in [0, 0.05) is 18.6 Å². The maximum atomic E-state index is 10.8. The first-order valence-corrected chi connectivity index (χ1v) is 8.04. The summed E-state index contributed by atoms with van der Waals surface area (Å²) in [5.41, 5.74) is 2.07. The molecule has 0 spiro atoms. The SMILES string of the molecule is O=[N+]([O-])c1ccc2nc(NCC3Cc4ccccc4O3)sc2c1. The molecule has 116 valence electrons. The van der Waals surface area contributed by atoms with Crippen LogP contribution in [0.15, 0.2) is 42.5 Å². The number of thiazole rings is 1. The van der Waals surface area contributed by atoms with Crippen LogP contribution in [-0.2, 0) is 6.42 Å². The fraction of sp³-hybridized carbons (Fsp3) is 0.188. The van der Waals surface area contributed by atoms with Crippen LogP contribution in [0.5, 0.6) is 5.75 Å². The van der Waals surface area contributed by atoms with Crippen molar-refractivity contribution in [1.82, 2.24) is 4.98 Å². The normalized spacial score (nSPS) is 16.1. The van der Waals surface area contributed by atoms with Gasteiger partial charge in [-0.15, -0.1) is 0 Å². The average molecular weight is 327 g/mol. The molecule has 1 aliphatic heterocycles. The van der Waals surface area contributed by atoms with Gasteiger partial charge in [-0.05, 0) is 17.7 Å². The van der Waals surface area contributed by atoms with E-state index in [0.717, 1.165) is 27.5 Å². The third kappa shape index (κ3) is 2.70. The van der Waals surface area contributed by atoms with Gasteiger partial charge in [0.25, 0.3) is 5.69 Å². The molecule has 1 N–H and O–H groups in total. The van der Waals surface area contributed by atoms with Crippen molar-refractivity contribution >= 4 is 32.4 Å². The van der Waals surface area contributed by atoms with E-state index in [4.69, 9.17) is 4.74 Å². The molecule has 3 aromatic rings. The molecular formula is C16H13N3O3S. The molecule has 0 saturated carbocycles. The van der Waals surface area contributed by atoms with Crippen LogP contribution in [-0.4, -0.2) is 22.6 Å². The number of rotatable bonds is 4. The summed E-state index contributed by atoms with van der Waals surface area (Å²) in [6, 6.07) is 12.7. The van der Waals surface area contributed by atoms with Crippen molar-refractivity contribution in [2.24, 2.45) is 0 Å². The maximum Gasteiger partial charge on any atom is 0.270 e. The molecule has 1 atom stereocenters. The average Bonchev–Trinajstić information content (AvgIpc) is 3.14. The van der Waals surface area contributed by atoms with Crippen molar-refractivity contribution in [3.8, 4) is 5.75 Å². The van der Waals surface area contributed by atoms with Crippen LogP contribution in [0, 0.1) is 10.1 Å². The molecule has 4 rings (SSSR count). The lowest BCUT2D eigenvalue weighted by Gasteiger charge is -2.10. The summed E-state index contributed by atoms with van der Waals surface area (Å²) in [6.07, 6.45) is 0.952. The number of ether oxygens (including phenoxy) is 1. The zero-order chi connectivity index (χ0) is 15.8. The Balaban J connectivity index is 1.46. The van der Waals surface area contributed by atoms with Gasteiger partial charge in [0.2, 0.25) is 0 Å². The molecule has 1 aromatic heterocycles. The zero-order valence-electron chi connectivity index (χ0n) is 12.1. The monoisotopic (exact) mass is 327 g/mol. The minimum absolute atomic E-state index is 0.0775. The van der Waals surface area contributed by atoms with Crippen molar-refractivity contribution in [3.05, 3.63) is 58.1 Å². The standard InChI is InChI=1S/C16H13N3O3S/c20-19(21)11-5-6-13-15(8-11)23-16(18-13)17-9-12-7-10-3-1-2-4-14(10)22-12/h1-6,8,12H,7,9H2,(H,17,18). The lowest BCUT2D eigenvalue weighted by Crippen LogP contribution is -2.23. The second-order valence-corrected chi connectivity index (χ2v) is 6.39. The van der Waals surface area contributed by atoms with Gasteiger partial charge < -0.3 is 10.1 Å². The van der Waals surface area contributed by atoms with Gasteiger partial charge >= 0.3 is 0 Å². The van der Waals surface area contributed by atoms with Gasteiger partial charge in [-0.2, -0.15) is 0 Å². The molecule has 6 nitrogen and oxygen atoms in total. The van der Waals surface area contributed by atoms with Crippen molar-refractivity contribution in [3.63, 3.8) is 0 Å². The molecule has 0 aliphatic carbocycles. The van der Waals surface area contributed by atoms with E-state index >= 15 is 0 Å². The molecule has 0 saturated heterocycles. The lowest BCUT2D eigenvalue weighted by atomic mass is 10.1. The van der Waals surface area contributed by atoms with Gasteiger partial charge in [-0.3, -0.25) is 10.1 Å². The van der Waals surface area contributed by atoms with Gasteiger partial charge in [0.1, 0.15) is 11.9 Å². The van der Waals surface area contributed by atoms with E-state index in [1.54, 1.807) is 12.1 Å². The van der Waals surface area contributed by atoms with Crippen LogP contribution in [0.4, 0.5) is 10.8 Å². The topological polar surface area (TPSA) is 77.3 Å². The second kappa shape index (κ2) is 5.51. The molecule has 7 heteroatoms. The molecular weight excluding hydrogens is 314 g/mol. The van der Waals surface area contributed by atoms with Gasteiger partial charge in [0.15, 0.2) is 5.13 Å². The first kappa shape index (κ1) is 14.0. The van der Waals surface area contributed by atoms with Crippen molar-refractivity contribution < 1.29 is 9.66 Å². The van der Waals surface area contributed by atoms with Gasteiger partial charge in [-0.1, -0.05) is 29.5 Å². The third-order valence-corrected chi connectivity index (χ3v) is 4.75. The van der Waals surface area contributed by atoms with E-state index in [9.17, 15) is 10.1 Å². The number of nitro groups is 1. The molecule has 0 fully saturated rings. The highest BCUT2D eigenvalue weighted by atomic mass is 32.1. The number of hydrogen-bond donors (Lipinski definition) is 1. The quantitative estimate of drug-likeness (QED) is 0.585. The predicted molar refractivity (Wildman–Crippen MR) is 89.3 cm³/mol. The summed E-state index contributed by atoms with van der Waals surface area (Å²) in [5.74, 6) is 0.944. The summed E-state index contributed by atoms with van der Waals surface area (Å²) < 4.78 is 6.68. The molecule has 0 radical (unpaired) electrons. The van der Waals surface area contributed by atoms with E-state index in [1.165, 1.54) is 23.0 Å². The smallest absolute Gasteiger partial charge is 0.270 e. The summed E-state index contributed by atoms with van der Waals surface area (Å²) in [7, 11) is 0. The minimum Gasteiger partial charge on any atom is -0.488 e. The number of non-ortho nitro benzene ring substituents is 1. The Hall–Kier alpha value is -2.67. The second-order valence-electron chi connectivity index (χ2n) is 5.36. The summed E-state index contributed by atoms with van der Waals surface area (Å²) in [4.78, 5) is 14.9. The molecule has 2 heterocycles. The van der Waals surface area contributed by atoms with E-state index in [0.29, 0.717) is 6.54 Å². The minimum atomic E-state index is -0.393. The first-order chi connectivity index (χ1) is 11.2. The number of anilines is 1. The number of benzene rings is 2. The Morgan fingerprint density at radius 1 is 1.35 bits per heavy atom. The number of nitro benzene ring substituents is 1. The Morgan fingerprint density at radius 3 is 3.04 bits per heavy atom. The summed E-state index contributed by atoms with van der Waals surface area (Å²) in [5, 5.41) is 14.8. The number of nitrogens with zero attached hydrogens (tertiary/aromatic N) is 2. The molecule has 0 bridgehead atoms. The van der Waals surface area contributed by atoms with Gasteiger partial charge in [-0.25, -0.2) is 4.98 Å². The van der Waals surface area contributed by atoms with E-state index < -0.39 is 4.92 Å². The van der Waals surface area contributed by atoms with Crippen molar-refractivity contribution in [2.75, 3.05) is 11.9 Å². The summed E-state index contributed by atoms with van der Waals surface area (Å²) >= 11 is 1.41. The number of fused-ring (bicyclic) bond motifs is 2. The molecule has 1 unspecified atom stereocenters. The van der Waals surface area contributed by atoms with E-state index in [-0.39, 0.29) is 11.8 Å². The van der Waals surface area contributed by atoms with Crippen LogP contribution in [0.25, 0.3) is 10.2 Å². The molecule has 0 amide bonds. The fourth-order valence-electron chi connectivity index (χ4n) is 2.67. The van der Waals surface area contributed by atoms with Crippen LogP contribution in [0.1, 0.15) is 5.56 Å². The Bertz CT molecular complexity index is 868. The zero-order valence-corrected chi connectivity index (χ0v) is 12.9. The van der Waals surface area contributed by atoms with Gasteiger partial charge in [0.05, 0.1) is 21.7 Å². The number of aromatic nitrogens is 1. The Morgan fingerprint density at radius 2 is 2.22 bits per heavy atom.